The van der Waals surface area contributed by atoms with Gasteiger partial charge in [-0.25, -0.2) is 4.98 Å². The maximum atomic E-state index is 12.3. The molecule has 0 bridgehead atoms. The van der Waals surface area contributed by atoms with E-state index in [9.17, 15) is 9.59 Å². The van der Waals surface area contributed by atoms with Crippen molar-refractivity contribution in [3.8, 4) is 0 Å². The molecule has 1 aromatic carbocycles. The number of halogens is 2. The predicted octanol–water partition coefficient (Wildman–Crippen LogP) is 3.78. The first-order valence-electron chi connectivity index (χ1n) is 6.91. The van der Waals surface area contributed by atoms with Crippen LogP contribution in [0.2, 0.25) is 10.0 Å². The molecule has 23 heavy (non-hydrogen) atoms. The van der Waals surface area contributed by atoms with Gasteiger partial charge in [-0.3, -0.25) is 9.59 Å². The Morgan fingerprint density at radius 2 is 1.48 bits per heavy atom. The van der Waals surface area contributed by atoms with Crippen molar-refractivity contribution in [2.24, 2.45) is 0 Å². The number of amides is 2. The topological polar surface area (TPSA) is 71.1 Å². The van der Waals surface area contributed by atoms with Gasteiger partial charge in [0.05, 0.1) is 15.7 Å². The highest BCUT2D eigenvalue weighted by atomic mass is 35.5. The highest BCUT2D eigenvalue weighted by molar-refractivity contribution is 6.40. The van der Waals surface area contributed by atoms with Gasteiger partial charge in [-0.05, 0) is 38.1 Å². The first-order valence-corrected chi connectivity index (χ1v) is 7.67. The Morgan fingerprint density at radius 3 is 2.04 bits per heavy atom. The van der Waals surface area contributed by atoms with Crippen molar-refractivity contribution in [2.75, 3.05) is 5.32 Å². The van der Waals surface area contributed by atoms with Crippen LogP contribution in [0.3, 0.4) is 0 Å². The van der Waals surface area contributed by atoms with E-state index in [1.807, 2.05) is 13.8 Å². The Bertz CT molecular complexity index is 728. The van der Waals surface area contributed by atoms with E-state index in [1.165, 1.54) is 12.1 Å². The summed E-state index contributed by atoms with van der Waals surface area (Å²) >= 11 is 12.0. The van der Waals surface area contributed by atoms with E-state index in [2.05, 4.69) is 15.6 Å². The summed E-state index contributed by atoms with van der Waals surface area (Å²) in [7, 11) is 0. The van der Waals surface area contributed by atoms with Crippen molar-refractivity contribution < 1.29 is 9.59 Å². The fraction of sp³-hybridized carbons (Fsp3) is 0.188. The molecule has 0 unspecified atom stereocenters. The Labute approximate surface area is 144 Å². The smallest absolute Gasteiger partial charge is 0.274 e. The summed E-state index contributed by atoms with van der Waals surface area (Å²) < 4.78 is 0. The lowest BCUT2D eigenvalue weighted by Crippen LogP contribution is -2.31. The summed E-state index contributed by atoms with van der Waals surface area (Å²) in [5, 5.41) is 5.96. The van der Waals surface area contributed by atoms with Crippen LogP contribution in [-0.2, 0) is 0 Å². The highest BCUT2D eigenvalue weighted by Gasteiger charge is 2.15. The number of hydrogen-bond acceptors (Lipinski definition) is 3. The number of rotatable bonds is 4. The molecule has 0 aliphatic heterocycles. The minimum Gasteiger partial charge on any atom is -0.349 e. The van der Waals surface area contributed by atoms with Crippen LogP contribution in [-0.4, -0.2) is 22.8 Å². The van der Waals surface area contributed by atoms with Gasteiger partial charge in [0.25, 0.3) is 11.8 Å². The lowest BCUT2D eigenvalue weighted by atomic mass is 10.2. The molecule has 5 nitrogen and oxygen atoms in total. The van der Waals surface area contributed by atoms with Gasteiger partial charge in [0.2, 0.25) is 0 Å². The van der Waals surface area contributed by atoms with Gasteiger partial charge in [0, 0.05) is 6.04 Å². The number of benzene rings is 1. The molecular formula is C16H15Cl2N3O2. The quantitative estimate of drug-likeness (QED) is 0.880. The Hall–Kier alpha value is -2.11. The van der Waals surface area contributed by atoms with Crippen molar-refractivity contribution in [3.05, 3.63) is 57.8 Å². The van der Waals surface area contributed by atoms with E-state index in [0.717, 1.165) is 0 Å². The van der Waals surface area contributed by atoms with E-state index >= 15 is 0 Å². The first kappa shape index (κ1) is 17.2. The third-order valence-electron chi connectivity index (χ3n) is 2.84. The van der Waals surface area contributed by atoms with Crippen molar-refractivity contribution in [2.45, 2.75) is 19.9 Å². The summed E-state index contributed by atoms with van der Waals surface area (Å²) in [6.07, 6.45) is 0. The van der Waals surface area contributed by atoms with Crippen molar-refractivity contribution in [3.63, 3.8) is 0 Å². The number of anilines is 1. The van der Waals surface area contributed by atoms with Crippen LogP contribution < -0.4 is 10.6 Å². The highest BCUT2D eigenvalue weighted by Crippen LogP contribution is 2.30. The van der Waals surface area contributed by atoms with E-state index < -0.39 is 5.91 Å². The van der Waals surface area contributed by atoms with Gasteiger partial charge in [-0.2, -0.15) is 0 Å². The molecule has 1 aromatic heterocycles. The number of para-hydroxylation sites is 1. The zero-order valence-electron chi connectivity index (χ0n) is 12.6. The molecule has 0 fully saturated rings. The molecule has 0 aliphatic rings. The lowest BCUT2D eigenvalue weighted by molar-refractivity contribution is 0.0938. The Kier molecular flexibility index (Phi) is 5.58. The van der Waals surface area contributed by atoms with Crippen LogP contribution >= 0.6 is 23.2 Å². The molecule has 2 N–H and O–H groups in total. The minimum atomic E-state index is -0.501. The number of carbonyl (C=O) groups is 2. The normalized spacial score (nSPS) is 10.5. The Balaban J connectivity index is 2.22. The predicted molar refractivity (Wildman–Crippen MR) is 91.3 cm³/mol. The van der Waals surface area contributed by atoms with Crippen LogP contribution in [0.4, 0.5) is 5.69 Å². The largest absolute Gasteiger partial charge is 0.349 e. The molecule has 0 spiro atoms. The average molecular weight is 352 g/mol. The lowest BCUT2D eigenvalue weighted by Gasteiger charge is -2.10. The van der Waals surface area contributed by atoms with Gasteiger partial charge in [0.1, 0.15) is 11.4 Å². The van der Waals surface area contributed by atoms with Crippen LogP contribution in [0.15, 0.2) is 36.4 Å². The maximum absolute atomic E-state index is 12.3. The molecular weight excluding hydrogens is 337 g/mol. The molecule has 120 valence electrons. The minimum absolute atomic E-state index is 0.0243. The molecule has 7 heteroatoms. The fourth-order valence-corrected chi connectivity index (χ4v) is 2.31. The maximum Gasteiger partial charge on any atom is 0.274 e. The number of aromatic nitrogens is 1. The SMILES string of the molecule is CC(C)NC(=O)c1cccc(C(=O)Nc2c(Cl)cccc2Cl)n1. The molecule has 0 saturated heterocycles. The third kappa shape index (κ3) is 4.43. The average Bonchev–Trinajstić information content (AvgIpc) is 2.50. The second-order valence-corrected chi connectivity index (χ2v) is 5.90. The van der Waals surface area contributed by atoms with E-state index in [0.29, 0.717) is 15.7 Å². The van der Waals surface area contributed by atoms with Crippen LogP contribution in [0.25, 0.3) is 0 Å². The molecule has 1 heterocycles. The molecule has 0 aliphatic carbocycles. The third-order valence-corrected chi connectivity index (χ3v) is 3.47. The number of hydrogen-bond donors (Lipinski definition) is 2. The molecule has 2 aromatic rings. The van der Waals surface area contributed by atoms with Gasteiger partial charge >= 0.3 is 0 Å². The zero-order valence-corrected chi connectivity index (χ0v) is 14.1. The second-order valence-electron chi connectivity index (χ2n) is 5.09. The summed E-state index contributed by atoms with van der Waals surface area (Å²) in [6.45, 7) is 3.68. The molecule has 2 rings (SSSR count). The van der Waals surface area contributed by atoms with E-state index in [4.69, 9.17) is 23.2 Å². The zero-order chi connectivity index (χ0) is 17.0. The van der Waals surface area contributed by atoms with E-state index in [-0.39, 0.29) is 23.3 Å². The van der Waals surface area contributed by atoms with Gasteiger partial charge in [-0.15, -0.1) is 0 Å². The molecule has 2 amide bonds. The van der Waals surface area contributed by atoms with Crippen LogP contribution in [0, 0.1) is 0 Å². The number of nitrogens with zero attached hydrogens (tertiary/aromatic N) is 1. The fourth-order valence-electron chi connectivity index (χ4n) is 1.82. The summed E-state index contributed by atoms with van der Waals surface area (Å²) in [4.78, 5) is 28.3. The summed E-state index contributed by atoms with van der Waals surface area (Å²) in [6, 6.07) is 9.51. The van der Waals surface area contributed by atoms with Gasteiger partial charge < -0.3 is 10.6 Å². The first-order chi connectivity index (χ1) is 10.9. The Morgan fingerprint density at radius 1 is 0.957 bits per heavy atom. The van der Waals surface area contributed by atoms with Crippen molar-refractivity contribution in [1.82, 2.24) is 10.3 Å². The van der Waals surface area contributed by atoms with Crippen LogP contribution in [0.5, 0.6) is 0 Å². The van der Waals surface area contributed by atoms with Gasteiger partial charge in [0.15, 0.2) is 0 Å². The van der Waals surface area contributed by atoms with Crippen LogP contribution in [0.1, 0.15) is 34.8 Å². The van der Waals surface area contributed by atoms with Crippen molar-refractivity contribution >= 4 is 40.7 Å². The molecule has 0 atom stereocenters. The van der Waals surface area contributed by atoms with E-state index in [1.54, 1.807) is 24.3 Å². The van der Waals surface area contributed by atoms with Gasteiger partial charge in [-0.1, -0.05) is 35.3 Å². The summed E-state index contributed by atoms with van der Waals surface area (Å²) in [5.74, 6) is -0.843. The monoisotopic (exact) mass is 351 g/mol. The second kappa shape index (κ2) is 7.44. The number of nitrogens with one attached hydrogen (secondary N) is 2. The number of pyridine rings is 1. The summed E-state index contributed by atoms with van der Waals surface area (Å²) in [5.41, 5.74) is 0.564. The van der Waals surface area contributed by atoms with Crippen molar-refractivity contribution in [1.29, 1.82) is 0 Å². The molecule has 0 saturated carbocycles. The molecule has 0 radical (unpaired) electrons. The standard InChI is InChI=1S/C16H15Cl2N3O2/c1-9(2)19-15(22)12-7-4-8-13(20-12)16(23)21-14-10(17)5-3-6-11(14)18/h3-9H,1-2H3,(H,19,22)(H,21,23). The number of carbonyl (C=O) groups excluding carboxylic acids is 2.